The van der Waals surface area contributed by atoms with Gasteiger partial charge in [0.2, 0.25) is 0 Å². The van der Waals surface area contributed by atoms with Gasteiger partial charge in [-0.25, -0.2) is 8.78 Å². The zero-order valence-electron chi connectivity index (χ0n) is 19.5. The number of anilines is 1. The minimum absolute atomic E-state index is 0.0246. The van der Waals surface area contributed by atoms with E-state index in [1.807, 2.05) is 24.3 Å². The molecule has 35 heavy (non-hydrogen) atoms. The highest BCUT2D eigenvalue weighted by molar-refractivity contribution is 5.79. The third kappa shape index (κ3) is 5.51. The molecule has 2 aromatic carbocycles. The lowest BCUT2D eigenvalue weighted by atomic mass is 9.84. The molecule has 2 aromatic rings. The molecule has 0 fully saturated rings. The molecule has 0 aromatic heterocycles. The van der Waals surface area contributed by atoms with Gasteiger partial charge >= 0.3 is 6.18 Å². The van der Waals surface area contributed by atoms with Gasteiger partial charge < -0.3 is 10.6 Å². The second-order valence-corrected chi connectivity index (χ2v) is 9.12. The Morgan fingerprint density at radius 3 is 2.54 bits per heavy atom. The standard InChI is InChI=1S/C26H29F6N3/c1-16-13-19-18-6-3-2-5-17(18)14-20(19)25(35(16)15-26(30,31)32)23-21(28)7-8-22(24(23)29)34-12-11-33-10-4-9-27/h2-3,5-8,16,25,33-34H,4,9-15H2,1H3/t16-,25+/m1/s1. The van der Waals surface area contributed by atoms with Gasteiger partial charge in [-0.15, -0.1) is 0 Å². The van der Waals surface area contributed by atoms with Crippen LogP contribution >= 0.6 is 0 Å². The summed E-state index contributed by atoms with van der Waals surface area (Å²) in [5.74, 6) is -1.76. The van der Waals surface area contributed by atoms with Gasteiger partial charge in [0, 0.05) is 24.7 Å². The van der Waals surface area contributed by atoms with E-state index in [4.69, 9.17) is 0 Å². The zero-order chi connectivity index (χ0) is 25.2. The van der Waals surface area contributed by atoms with Crippen LogP contribution in [0.3, 0.4) is 0 Å². The van der Waals surface area contributed by atoms with E-state index in [2.05, 4.69) is 10.6 Å². The van der Waals surface area contributed by atoms with E-state index >= 15 is 8.78 Å². The molecule has 3 nitrogen and oxygen atoms in total. The molecule has 4 rings (SSSR count). The largest absolute Gasteiger partial charge is 0.401 e. The predicted octanol–water partition coefficient (Wildman–Crippen LogP) is 6.03. The molecule has 0 saturated carbocycles. The Labute approximate surface area is 201 Å². The maximum absolute atomic E-state index is 15.8. The summed E-state index contributed by atoms with van der Waals surface area (Å²) in [4.78, 5) is 1.18. The quantitative estimate of drug-likeness (QED) is 0.327. The van der Waals surface area contributed by atoms with Crippen LogP contribution in [0.25, 0.3) is 5.57 Å². The molecule has 2 N–H and O–H groups in total. The van der Waals surface area contributed by atoms with Crippen molar-refractivity contribution in [1.82, 2.24) is 10.2 Å². The number of halogens is 6. The summed E-state index contributed by atoms with van der Waals surface area (Å²) in [6.45, 7) is 1.16. The average molecular weight is 498 g/mol. The third-order valence-corrected chi connectivity index (χ3v) is 6.70. The van der Waals surface area contributed by atoms with E-state index < -0.39 is 43.1 Å². The molecule has 2 atom stereocenters. The lowest BCUT2D eigenvalue weighted by Gasteiger charge is -2.42. The van der Waals surface area contributed by atoms with Gasteiger partial charge in [-0.1, -0.05) is 24.3 Å². The molecule has 0 amide bonds. The number of alkyl halides is 4. The normalized spacial score (nSPS) is 20.2. The predicted molar refractivity (Wildman–Crippen MR) is 125 cm³/mol. The Bertz CT molecular complexity index is 1080. The molecule has 1 heterocycles. The maximum atomic E-state index is 15.8. The van der Waals surface area contributed by atoms with Crippen molar-refractivity contribution in [1.29, 1.82) is 0 Å². The lowest BCUT2D eigenvalue weighted by molar-refractivity contribution is -0.155. The molecular weight excluding hydrogens is 468 g/mol. The molecule has 9 heteroatoms. The third-order valence-electron chi connectivity index (χ3n) is 6.70. The number of nitrogens with one attached hydrogen (secondary N) is 2. The van der Waals surface area contributed by atoms with Gasteiger partial charge in [-0.3, -0.25) is 9.29 Å². The van der Waals surface area contributed by atoms with Crippen molar-refractivity contribution >= 4 is 11.3 Å². The van der Waals surface area contributed by atoms with Crippen LogP contribution in [-0.2, 0) is 6.42 Å². The Hall–Kier alpha value is -2.52. The van der Waals surface area contributed by atoms with Gasteiger partial charge in [0.15, 0.2) is 5.82 Å². The second-order valence-electron chi connectivity index (χ2n) is 9.12. The van der Waals surface area contributed by atoms with Crippen molar-refractivity contribution in [2.24, 2.45) is 0 Å². The first-order valence-electron chi connectivity index (χ1n) is 11.8. The monoisotopic (exact) mass is 497 g/mol. The molecule has 2 aliphatic rings. The van der Waals surface area contributed by atoms with E-state index in [0.29, 0.717) is 44.5 Å². The molecule has 0 saturated heterocycles. The Morgan fingerprint density at radius 2 is 1.80 bits per heavy atom. The number of fused-ring (bicyclic) bond motifs is 2. The molecule has 1 aliphatic heterocycles. The molecule has 0 unspecified atom stereocenters. The van der Waals surface area contributed by atoms with Crippen molar-refractivity contribution in [3.05, 3.63) is 70.3 Å². The van der Waals surface area contributed by atoms with Crippen molar-refractivity contribution in [3.63, 3.8) is 0 Å². The van der Waals surface area contributed by atoms with E-state index in [9.17, 15) is 17.6 Å². The van der Waals surface area contributed by atoms with Gasteiger partial charge in [0.25, 0.3) is 0 Å². The highest BCUT2D eigenvalue weighted by Crippen LogP contribution is 2.50. The highest BCUT2D eigenvalue weighted by atomic mass is 19.4. The van der Waals surface area contributed by atoms with E-state index in [0.717, 1.165) is 22.8 Å². The summed E-state index contributed by atoms with van der Waals surface area (Å²) >= 11 is 0. The number of rotatable bonds is 9. The fourth-order valence-electron chi connectivity index (χ4n) is 5.18. The van der Waals surface area contributed by atoms with Crippen molar-refractivity contribution in [2.45, 2.75) is 44.4 Å². The van der Waals surface area contributed by atoms with E-state index in [-0.39, 0.29) is 11.3 Å². The first-order valence-corrected chi connectivity index (χ1v) is 11.8. The summed E-state index contributed by atoms with van der Waals surface area (Å²) in [6, 6.07) is 8.17. The summed E-state index contributed by atoms with van der Waals surface area (Å²) < 4.78 is 84.0. The van der Waals surface area contributed by atoms with Crippen LogP contribution in [0.15, 0.2) is 42.0 Å². The SMILES string of the molecule is C[C@@H]1CC2=C(Cc3ccccc32)[C@@H](c2c(F)ccc(NCCNCCCF)c2F)N1CC(F)(F)F. The van der Waals surface area contributed by atoms with Crippen LogP contribution in [0.5, 0.6) is 0 Å². The van der Waals surface area contributed by atoms with Gasteiger partial charge in [-0.2, -0.15) is 13.2 Å². The topological polar surface area (TPSA) is 27.3 Å². The van der Waals surface area contributed by atoms with E-state index in [1.165, 1.54) is 11.0 Å². The van der Waals surface area contributed by atoms with Gasteiger partial charge in [-0.05, 0) is 67.1 Å². The minimum Gasteiger partial charge on any atom is -0.381 e. The smallest absolute Gasteiger partial charge is 0.381 e. The zero-order valence-corrected chi connectivity index (χ0v) is 19.5. The first kappa shape index (κ1) is 25.6. The van der Waals surface area contributed by atoms with Crippen molar-refractivity contribution in [3.8, 4) is 0 Å². The average Bonchev–Trinajstić information content (AvgIpc) is 3.16. The van der Waals surface area contributed by atoms with Crippen LogP contribution in [-0.4, -0.2) is 50.0 Å². The van der Waals surface area contributed by atoms with Crippen LogP contribution in [0.1, 0.15) is 42.5 Å². The summed E-state index contributed by atoms with van der Waals surface area (Å²) in [6.07, 6.45) is -3.43. The van der Waals surface area contributed by atoms with Crippen LogP contribution in [0, 0.1) is 11.6 Å². The molecule has 1 aliphatic carbocycles. The summed E-state index contributed by atoms with van der Waals surface area (Å²) in [5, 5.41) is 5.90. The molecule has 0 bridgehead atoms. The number of nitrogens with zero attached hydrogens (tertiary/aromatic N) is 1. The Kier molecular flexibility index (Phi) is 7.76. The summed E-state index contributed by atoms with van der Waals surface area (Å²) in [7, 11) is 0. The Morgan fingerprint density at radius 1 is 1.03 bits per heavy atom. The highest BCUT2D eigenvalue weighted by Gasteiger charge is 2.45. The second kappa shape index (κ2) is 10.6. The maximum Gasteiger partial charge on any atom is 0.401 e. The summed E-state index contributed by atoms with van der Waals surface area (Å²) in [5.41, 5.74) is 3.06. The van der Waals surface area contributed by atoms with Crippen LogP contribution in [0.4, 0.5) is 32.0 Å². The fraction of sp³-hybridized carbons (Fsp3) is 0.462. The lowest BCUT2D eigenvalue weighted by Crippen LogP contribution is -2.46. The Balaban J connectivity index is 1.71. The number of benzene rings is 2. The first-order chi connectivity index (χ1) is 16.7. The molecular formula is C26H29F6N3. The van der Waals surface area contributed by atoms with Crippen LogP contribution < -0.4 is 10.6 Å². The number of hydrogen-bond donors (Lipinski definition) is 2. The van der Waals surface area contributed by atoms with E-state index in [1.54, 1.807) is 6.92 Å². The van der Waals surface area contributed by atoms with Gasteiger partial charge in [0.05, 0.1) is 24.9 Å². The van der Waals surface area contributed by atoms with Crippen molar-refractivity contribution in [2.75, 3.05) is 38.2 Å². The van der Waals surface area contributed by atoms with Crippen molar-refractivity contribution < 1.29 is 26.3 Å². The van der Waals surface area contributed by atoms with Crippen LogP contribution in [0.2, 0.25) is 0 Å². The minimum atomic E-state index is -4.52. The molecule has 0 radical (unpaired) electrons. The fourth-order valence-corrected chi connectivity index (χ4v) is 5.18. The molecule has 0 spiro atoms. The molecule has 190 valence electrons. The van der Waals surface area contributed by atoms with Gasteiger partial charge in [0.1, 0.15) is 5.82 Å². The number of hydrogen-bond acceptors (Lipinski definition) is 3.